The van der Waals surface area contributed by atoms with Crippen molar-refractivity contribution in [2.75, 3.05) is 11.9 Å². The quantitative estimate of drug-likeness (QED) is 0.874. The summed E-state index contributed by atoms with van der Waals surface area (Å²) in [7, 11) is 1.59. The predicted octanol–water partition coefficient (Wildman–Crippen LogP) is 1.82. The monoisotopic (exact) mass is 325 g/mol. The Hall–Kier alpha value is -2.89. The fraction of sp³-hybridized carbons (Fsp3) is 0.278. The molecule has 0 radical (unpaired) electrons. The van der Waals surface area contributed by atoms with E-state index in [-0.39, 0.29) is 0 Å². The summed E-state index contributed by atoms with van der Waals surface area (Å²) in [6.45, 7) is 3.81. The first-order valence-corrected chi connectivity index (χ1v) is 7.68. The number of ether oxygens (including phenoxy) is 1. The fourth-order valence-corrected chi connectivity index (χ4v) is 2.59. The first-order chi connectivity index (χ1) is 11.4. The summed E-state index contributed by atoms with van der Waals surface area (Å²) in [4.78, 5) is 30.7. The highest BCUT2D eigenvalue weighted by molar-refractivity contribution is 6.15. The van der Waals surface area contributed by atoms with Crippen LogP contribution in [-0.2, 0) is 16.1 Å². The molecule has 2 heterocycles. The number of aromatic nitrogens is 1. The van der Waals surface area contributed by atoms with E-state index in [9.17, 15) is 9.59 Å². The summed E-state index contributed by atoms with van der Waals surface area (Å²) in [5.41, 5.74) is 0.486. The first kappa shape index (κ1) is 16.0. The molecular weight excluding hydrogens is 306 g/mol. The number of amides is 2. The van der Waals surface area contributed by atoms with Gasteiger partial charge in [0.05, 0.1) is 0 Å². The minimum absolute atomic E-state index is 0.328. The number of anilines is 1. The average molecular weight is 325 g/mol. The second-order valence-electron chi connectivity index (χ2n) is 5.99. The SMILES string of the molecule is Cc1ccc(CNC(=O)[C@@]2(C)Oc3cccnc3N(C)C2=O)cc1. The van der Waals surface area contributed by atoms with E-state index >= 15 is 0 Å². The molecule has 1 N–H and O–H groups in total. The Morgan fingerprint density at radius 1 is 1.29 bits per heavy atom. The molecule has 6 heteroatoms. The number of fused-ring (bicyclic) bond motifs is 1. The number of hydrogen-bond acceptors (Lipinski definition) is 4. The van der Waals surface area contributed by atoms with Crippen LogP contribution in [0.2, 0.25) is 0 Å². The molecule has 0 aliphatic carbocycles. The fourth-order valence-electron chi connectivity index (χ4n) is 2.59. The minimum atomic E-state index is -1.62. The Morgan fingerprint density at radius 2 is 2.00 bits per heavy atom. The van der Waals surface area contributed by atoms with Gasteiger partial charge in [0.15, 0.2) is 11.6 Å². The van der Waals surface area contributed by atoms with Crippen molar-refractivity contribution in [1.29, 1.82) is 0 Å². The second kappa shape index (κ2) is 5.96. The van der Waals surface area contributed by atoms with E-state index < -0.39 is 17.4 Å². The largest absolute Gasteiger partial charge is 0.464 e. The maximum absolute atomic E-state index is 12.6. The van der Waals surface area contributed by atoms with E-state index in [0.29, 0.717) is 18.1 Å². The van der Waals surface area contributed by atoms with E-state index in [1.807, 2.05) is 31.2 Å². The highest BCUT2D eigenvalue weighted by Gasteiger charge is 2.50. The van der Waals surface area contributed by atoms with Gasteiger partial charge in [0.1, 0.15) is 0 Å². The van der Waals surface area contributed by atoms with Crippen molar-refractivity contribution in [2.45, 2.75) is 26.0 Å². The van der Waals surface area contributed by atoms with Crippen LogP contribution in [0.1, 0.15) is 18.1 Å². The molecule has 6 nitrogen and oxygen atoms in total. The number of benzene rings is 1. The third kappa shape index (κ3) is 2.71. The van der Waals surface area contributed by atoms with Crippen molar-refractivity contribution in [2.24, 2.45) is 0 Å². The van der Waals surface area contributed by atoms with Crippen LogP contribution in [0.5, 0.6) is 5.75 Å². The molecule has 1 aromatic heterocycles. The van der Waals surface area contributed by atoms with Crippen molar-refractivity contribution in [3.63, 3.8) is 0 Å². The zero-order chi connectivity index (χ0) is 17.3. The maximum Gasteiger partial charge on any atom is 0.281 e. The van der Waals surface area contributed by atoms with E-state index in [1.54, 1.807) is 25.4 Å². The van der Waals surface area contributed by atoms with Crippen LogP contribution >= 0.6 is 0 Å². The number of hydrogen-bond donors (Lipinski definition) is 1. The maximum atomic E-state index is 12.6. The van der Waals surface area contributed by atoms with Gasteiger partial charge in [-0.2, -0.15) is 0 Å². The lowest BCUT2D eigenvalue weighted by molar-refractivity contribution is -0.148. The van der Waals surface area contributed by atoms with E-state index in [4.69, 9.17) is 4.74 Å². The van der Waals surface area contributed by atoms with Gasteiger partial charge in [-0.25, -0.2) is 4.98 Å². The van der Waals surface area contributed by atoms with Crippen molar-refractivity contribution in [3.05, 3.63) is 53.7 Å². The van der Waals surface area contributed by atoms with Crippen LogP contribution in [0, 0.1) is 6.92 Å². The van der Waals surface area contributed by atoms with E-state index in [2.05, 4.69) is 10.3 Å². The van der Waals surface area contributed by atoms with E-state index in [1.165, 1.54) is 11.8 Å². The Labute approximate surface area is 140 Å². The van der Waals surface area contributed by atoms with Crippen LogP contribution < -0.4 is 15.0 Å². The summed E-state index contributed by atoms with van der Waals surface area (Å²) in [5.74, 6) is -0.108. The molecule has 1 aromatic carbocycles. The van der Waals surface area contributed by atoms with Crippen LogP contribution in [-0.4, -0.2) is 29.4 Å². The van der Waals surface area contributed by atoms with Gasteiger partial charge in [0.25, 0.3) is 17.4 Å². The third-order valence-corrected chi connectivity index (χ3v) is 4.10. The summed E-state index contributed by atoms with van der Waals surface area (Å²) >= 11 is 0. The number of carbonyl (C=O) groups is 2. The van der Waals surface area contributed by atoms with Crippen molar-refractivity contribution in [3.8, 4) is 5.75 Å². The molecule has 0 unspecified atom stereocenters. The molecule has 2 aromatic rings. The van der Waals surface area contributed by atoms with Gasteiger partial charge in [-0.05, 0) is 31.5 Å². The van der Waals surface area contributed by atoms with Gasteiger partial charge in [-0.1, -0.05) is 29.8 Å². The van der Waals surface area contributed by atoms with Crippen molar-refractivity contribution in [1.82, 2.24) is 10.3 Å². The molecule has 0 bridgehead atoms. The van der Waals surface area contributed by atoms with Gasteiger partial charge in [-0.3, -0.25) is 14.5 Å². The number of likely N-dealkylation sites (N-methyl/N-ethyl adjacent to an activating group) is 1. The topological polar surface area (TPSA) is 71.5 Å². The van der Waals surface area contributed by atoms with Crippen molar-refractivity contribution >= 4 is 17.6 Å². The van der Waals surface area contributed by atoms with Crippen molar-refractivity contribution < 1.29 is 14.3 Å². The summed E-state index contributed by atoms with van der Waals surface area (Å²) < 4.78 is 5.71. The van der Waals surface area contributed by atoms with Gasteiger partial charge >= 0.3 is 0 Å². The number of aryl methyl sites for hydroxylation is 1. The Morgan fingerprint density at radius 3 is 2.71 bits per heavy atom. The van der Waals surface area contributed by atoms with Gasteiger partial charge in [0.2, 0.25) is 0 Å². The minimum Gasteiger partial charge on any atom is -0.464 e. The molecule has 1 aliphatic heterocycles. The van der Waals surface area contributed by atoms with Crippen LogP contribution in [0.3, 0.4) is 0 Å². The summed E-state index contributed by atoms with van der Waals surface area (Å²) in [5, 5.41) is 2.78. The second-order valence-corrected chi connectivity index (χ2v) is 5.99. The standard InChI is InChI=1S/C18H19N3O3/c1-12-6-8-13(9-7-12)11-20-16(22)18(2)17(23)21(3)15-14(24-18)5-4-10-19-15/h4-10H,11H2,1-3H3,(H,20,22)/t18-/m1/s1. The molecule has 1 aliphatic rings. The highest BCUT2D eigenvalue weighted by atomic mass is 16.5. The number of nitrogens with one attached hydrogen (secondary N) is 1. The Bertz CT molecular complexity index is 788. The molecule has 0 saturated heterocycles. The molecule has 0 saturated carbocycles. The number of carbonyl (C=O) groups excluding carboxylic acids is 2. The molecule has 1 atom stereocenters. The van der Waals surface area contributed by atoms with Crippen LogP contribution in [0.4, 0.5) is 5.82 Å². The lowest BCUT2D eigenvalue weighted by Gasteiger charge is -2.36. The zero-order valence-electron chi connectivity index (χ0n) is 13.9. The molecule has 0 spiro atoms. The summed E-state index contributed by atoms with van der Waals surface area (Å²) in [6.07, 6.45) is 1.58. The predicted molar refractivity (Wildman–Crippen MR) is 89.7 cm³/mol. The lowest BCUT2D eigenvalue weighted by Crippen LogP contribution is -2.61. The summed E-state index contributed by atoms with van der Waals surface area (Å²) in [6, 6.07) is 11.2. The zero-order valence-corrected chi connectivity index (χ0v) is 13.9. The molecular formula is C18H19N3O3. The Balaban J connectivity index is 1.78. The molecule has 124 valence electrons. The van der Waals surface area contributed by atoms with Crippen LogP contribution in [0.15, 0.2) is 42.6 Å². The lowest BCUT2D eigenvalue weighted by atomic mass is 10.0. The molecule has 3 rings (SSSR count). The van der Waals surface area contributed by atoms with E-state index in [0.717, 1.165) is 11.1 Å². The van der Waals surface area contributed by atoms with Gasteiger partial charge < -0.3 is 10.1 Å². The normalized spacial score (nSPS) is 19.5. The Kier molecular flexibility index (Phi) is 3.97. The molecule has 0 fully saturated rings. The highest BCUT2D eigenvalue weighted by Crippen LogP contribution is 2.34. The smallest absolute Gasteiger partial charge is 0.281 e. The number of pyridine rings is 1. The van der Waals surface area contributed by atoms with Crippen LogP contribution in [0.25, 0.3) is 0 Å². The molecule has 24 heavy (non-hydrogen) atoms. The first-order valence-electron chi connectivity index (χ1n) is 7.68. The number of nitrogens with zero attached hydrogens (tertiary/aromatic N) is 2. The average Bonchev–Trinajstić information content (AvgIpc) is 2.59. The van der Waals surface area contributed by atoms with Gasteiger partial charge in [0, 0.05) is 19.8 Å². The number of rotatable bonds is 3. The third-order valence-electron chi connectivity index (χ3n) is 4.10. The van der Waals surface area contributed by atoms with Gasteiger partial charge in [-0.15, -0.1) is 0 Å². The molecule has 2 amide bonds.